The van der Waals surface area contributed by atoms with Crippen LogP contribution in [0.4, 0.5) is 0 Å². The maximum absolute atomic E-state index is 8.69. The summed E-state index contributed by atoms with van der Waals surface area (Å²) >= 11 is -5.38. The van der Waals surface area contributed by atoms with E-state index >= 15 is 0 Å². The van der Waals surface area contributed by atoms with Gasteiger partial charge in [0.2, 0.25) is 0 Å². The molecule has 0 aliphatic carbocycles. The molecule has 6 heteroatoms. The molecule has 0 saturated carbocycles. The molecule has 1 N–H and O–H groups in total. The third-order valence-corrected chi connectivity index (χ3v) is 0. The predicted molar refractivity (Wildman–Crippen MR) is 4.28 cm³/mol. The molecule has 0 saturated heterocycles. The molecule has 0 bridgehead atoms. The van der Waals surface area contributed by atoms with Gasteiger partial charge in [0.05, 0.1) is 0 Å². The van der Waals surface area contributed by atoms with Crippen molar-refractivity contribution in [2.75, 3.05) is 0 Å². The molecule has 0 aromatic heterocycles. The molecule has 0 radical (unpaired) electrons. The second-order valence-electron chi connectivity index (χ2n) is 0.396. The minimum absolute atomic E-state index is 0. The molecule has 0 spiro atoms. The zero-order valence-electron chi connectivity index (χ0n) is 2.40. The van der Waals surface area contributed by atoms with Crippen molar-refractivity contribution >= 4 is 0 Å². The van der Waals surface area contributed by atoms with Gasteiger partial charge in [0.25, 0.3) is 0 Å². The fraction of sp³-hybridized carbons (Fsp3) is 0. The quantitative estimate of drug-likeness (QED) is 0.484. The van der Waals surface area contributed by atoms with Gasteiger partial charge in [-0.15, -0.1) is 0 Å². The summed E-state index contributed by atoms with van der Waals surface area (Å²) in [5, 5.41) is 0. The van der Waals surface area contributed by atoms with Crippen molar-refractivity contribution in [3.63, 3.8) is 0 Å². The van der Waals surface area contributed by atoms with Crippen LogP contribution in [0.25, 0.3) is 0 Å². The van der Waals surface area contributed by atoms with Crippen molar-refractivity contribution < 1.29 is 45.7 Å². The number of hydrogen-bond donors (Lipinski definition) is 1. The third-order valence-electron chi connectivity index (χ3n) is 0. The summed E-state index contributed by atoms with van der Waals surface area (Å²) < 4.78 is 33.1. The molecule has 0 unspecified atom stereocenters. The number of rotatable bonds is 0. The van der Waals surface area contributed by atoms with Crippen LogP contribution in [-0.4, -0.2) is 4.19 Å². The van der Waals surface area contributed by atoms with E-state index in [1.165, 1.54) is 0 Å². The summed E-state index contributed by atoms with van der Waals surface area (Å²) in [5.74, 6) is 0. The van der Waals surface area contributed by atoms with Gasteiger partial charge in [-0.3, -0.25) is 0 Å². The third kappa shape index (κ3) is 319. The first-order chi connectivity index (χ1) is 2.00. The molecule has 0 fully saturated rings. The summed E-state index contributed by atoms with van der Waals surface area (Å²) in [5.41, 5.74) is 0. The first kappa shape index (κ1) is 9.64. The molecule has 0 aliphatic heterocycles. The molecule has 6 heavy (non-hydrogen) atoms. The van der Waals surface area contributed by atoms with E-state index in [2.05, 4.69) is 0 Å². The second kappa shape index (κ2) is 2.55. The van der Waals surface area contributed by atoms with Crippen molar-refractivity contribution in [3.05, 3.63) is 0 Å². The van der Waals surface area contributed by atoms with Crippen LogP contribution in [0.15, 0.2) is 0 Å². The van der Waals surface area contributed by atoms with Crippen LogP contribution in [0, 0.1) is 0 Å². The summed E-state index contributed by atoms with van der Waals surface area (Å²) in [6.07, 6.45) is 0. The van der Waals surface area contributed by atoms with E-state index in [1.54, 1.807) is 0 Å². The molecule has 0 aromatic carbocycles. The van der Waals surface area contributed by atoms with E-state index < -0.39 is 13.0 Å². The minimum atomic E-state index is -5.38. The monoisotopic (exact) mass is 176 g/mol. The van der Waals surface area contributed by atoms with E-state index in [0.717, 1.165) is 0 Å². The Kier molecular flexibility index (Phi) is 4.10. The summed E-state index contributed by atoms with van der Waals surface area (Å²) in [6.45, 7) is 0. The van der Waals surface area contributed by atoms with E-state index in [0.29, 0.717) is 0 Å². The fourth-order valence-electron chi connectivity index (χ4n) is 0. The molecule has 0 aliphatic rings. The van der Waals surface area contributed by atoms with Crippen molar-refractivity contribution in [3.8, 4) is 0 Å². The van der Waals surface area contributed by atoms with Crippen LogP contribution in [0.3, 0.4) is 0 Å². The molecule has 0 aromatic rings. The predicted octanol–water partition coefficient (Wildman–Crippen LogP) is -0.918. The van der Waals surface area contributed by atoms with Crippen LogP contribution in [-0.2, 0) is 41.5 Å². The van der Waals surface area contributed by atoms with Crippen LogP contribution < -0.4 is 0 Å². The molecule has 0 atom stereocenters. The molecular weight excluding hydrogens is 175 g/mol. The van der Waals surface area contributed by atoms with E-state index in [4.69, 9.17) is 15.7 Å². The van der Waals surface area contributed by atoms with Crippen molar-refractivity contribution in [1.82, 2.24) is 0 Å². The fourth-order valence-corrected chi connectivity index (χ4v) is 0. The van der Waals surface area contributed by atoms with Gasteiger partial charge < -0.3 is 0 Å². The standard InChI is InChI=1S/Fe.Mn.H2O.3O/h;;1H2;;;/q;+1;;;;/p-1. The van der Waals surface area contributed by atoms with Gasteiger partial charge >= 0.3 is 28.7 Å². The Morgan fingerprint density at radius 3 is 1.17 bits per heavy atom. The Bertz CT molecular complexity index is 129. The van der Waals surface area contributed by atoms with Gasteiger partial charge in [-0.05, 0) is 0 Å². The van der Waals surface area contributed by atoms with E-state index in [1.807, 2.05) is 0 Å². The molecule has 40 valence electrons. The van der Waals surface area contributed by atoms with Gasteiger partial charge in [0, 0.05) is 17.1 Å². The second-order valence-corrected chi connectivity index (χ2v) is 1.63. The van der Waals surface area contributed by atoms with Crippen molar-refractivity contribution in [1.29, 1.82) is 0 Å². The van der Waals surface area contributed by atoms with Crippen LogP contribution >= 0.6 is 0 Å². The van der Waals surface area contributed by atoms with Gasteiger partial charge in [0.1, 0.15) is 0 Å². The zero-order valence-corrected chi connectivity index (χ0v) is 4.69. The van der Waals surface area contributed by atoms with E-state index in [9.17, 15) is 0 Å². The molecule has 0 rings (SSSR count). The maximum atomic E-state index is 8.69. The molecule has 4 nitrogen and oxygen atoms in total. The average molecular weight is 176 g/mol. The van der Waals surface area contributed by atoms with Gasteiger partial charge in [-0.25, -0.2) is 0 Å². The molecule has 0 amide bonds. The zero-order chi connectivity index (χ0) is 4.50. The molecule has 0 heterocycles. The normalized spacial score (nSPS) is 9.50. The Balaban J connectivity index is 0. The summed E-state index contributed by atoms with van der Waals surface area (Å²) in [6, 6.07) is 0. The summed E-state index contributed by atoms with van der Waals surface area (Å²) in [7, 11) is 0. The van der Waals surface area contributed by atoms with Gasteiger partial charge in [0.15, 0.2) is 0 Å². The topological polar surface area (TPSA) is 71.4 Å². The van der Waals surface area contributed by atoms with Crippen LogP contribution in [0.2, 0.25) is 0 Å². The van der Waals surface area contributed by atoms with Gasteiger partial charge in [-0.1, -0.05) is 0 Å². The first-order valence-electron chi connectivity index (χ1n) is 0.632. The Morgan fingerprint density at radius 1 is 1.17 bits per heavy atom. The Labute approximate surface area is 46.2 Å². The van der Waals surface area contributed by atoms with Crippen molar-refractivity contribution in [2.24, 2.45) is 0 Å². The number of hydrogen-bond acceptors (Lipinski definition) is 3. The Hall–Kier alpha value is 0.399. The van der Waals surface area contributed by atoms with Crippen LogP contribution in [0.5, 0.6) is 0 Å². The SMILES string of the molecule is [Fe].[O]=[Mn](=[O])(=[O])[OH]. The molecular formula is HFeMnO4. The Morgan fingerprint density at radius 2 is 1.17 bits per heavy atom. The average Bonchev–Trinajstić information content (AvgIpc) is 0.722. The summed E-state index contributed by atoms with van der Waals surface area (Å²) in [4.78, 5) is 0. The van der Waals surface area contributed by atoms with E-state index in [-0.39, 0.29) is 17.1 Å². The first-order valence-corrected chi connectivity index (χ1v) is 2.61. The van der Waals surface area contributed by atoms with Gasteiger partial charge in [-0.2, -0.15) is 0 Å². The van der Waals surface area contributed by atoms with Crippen LogP contribution in [0.1, 0.15) is 0 Å². The van der Waals surface area contributed by atoms with Crippen molar-refractivity contribution in [2.45, 2.75) is 0 Å².